The Balaban J connectivity index is 2.86. The van der Waals surface area contributed by atoms with Gasteiger partial charge in [0.2, 0.25) is 0 Å². The molecule has 0 saturated heterocycles. The predicted molar refractivity (Wildman–Crippen MR) is 88.7 cm³/mol. The molecule has 2 atom stereocenters. The third-order valence-electron chi connectivity index (χ3n) is 3.68. The van der Waals surface area contributed by atoms with Crippen molar-refractivity contribution >= 4 is 12.1 Å². The first kappa shape index (κ1) is 18.5. The van der Waals surface area contributed by atoms with E-state index in [1.165, 1.54) is 7.11 Å². The summed E-state index contributed by atoms with van der Waals surface area (Å²) in [5, 5.41) is 2.62. The molecule has 1 aromatic carbocycles. The number of hydrogen-bond donors (Lipinski definition) is 1. The van der Waals surface area contributed by atoms with E-state index in [2.05, 4.69) is 18.5 Å². The van der Waals surface area contributed by atoms with Gasteiger partial charge in [0.05, 0.1) is 7.11 Å². The van der Waals surface area contributed by atoms with Gasteiger partial charge >= 0.3 is 12.1 Å². The van der Waals surface area contributed by atoms with Crippen molar-refractivity contribution in [2.45, 2.75) is 25.5 Å². The van der Waals surface area contributed by atoms with Crippen LogP contribution in [0.3, 0.4) is 0 Å². The molecule has 124 valence electrons. The van der Waals surface area contributed by atoms with Gasteiger partial charge < -0.3 is 14.8 Å². The van der Waals surface area contributed by atoms with Crippen LogP contribution in [0.4, 0.5) is 4.79 Å². The van der Waals surface area contributed by atoms with Crippen molar-refractivity contribution in [3.05, 3.63) is 61.2 Å². The highest BCUT2D eigenvalue weighted by atomic mass is 16.6. The predicted octanol–water partition coefficient (Wildman–Crippen LogP) is 3.22. The Morgan fingerprint density at radius 3 is 2.48 bits per heavy atom. The van der Waals surface area contributed by atoms with E-state index in [9.17, 15) is 9.59 Å². The third kappa shape index (κ3) is 4.71. The Bertz CT molecular complexity index is 555. The molecular formula is C18H23NO4. The second-order valence-electron chi connectivity index (χ2n) is 5.17. The van der Waals surface area contributed by atoms with Crippen LogP contribution in [-0.4, -0.2) is 24.7 Å². The van der Waals surface area contributed by atoms with Gasteiger partial charge in [0.15, 0.2) is 0 Å². The van der Waals surface area contributed by atoms with Crippen molar-refractivity contribution in [1.29, 1.82) is 0 Å². The van der Waals surface area contributed by atoms with Crippen molar-refractivity contribution in [3.63, 3.8) is 0 Å². The number of amides is 1. The maximum absolute atomic E-state index is 12.2. The fourth-order valence-corrected chi connectivity index (χ4v) is 2.22. The molecular weight excluding hydrogens is 294 g/mol. The van der Waals surface area contributed by atoms with Gasteiger partial charge in [-0.3, -0.25) is 0 Å². The molecule has 1 N–H and O–H groups in total. The number of ether oxygens (including phenoxy) is 2. The van der Waals surface area contributed by atoms with Gasteiger partial charge in [0.25, 0.3) is 0 Å². The average Bonchev–Trinajstić information content (AvgIpc) is 2.58. The van der Waals surface area contributed by atoms with Crippen molar-refractivity contribution in [1.82, 2.24) is 5.32 Å². The Labute approximate surface area is 137 Å². The lowest BCUT2D eigenvalue weighted by atomic mass is 9.82. The summed E-state index contributed by atoms with van der Waals surface area (Å²) in [6.45, 7) is 9.22. The number of carbonyl (C=O) groups is 2. The number of benzene rings is 1. The lowest BCUT2D eigenvalue weighted by molar-refractivity contribution is -0.149. The fraction of sp³-hybridized carbons (Fsp3) is 0.333. The van der Waals surface area contributed by atoms with E-state index in [0.29, 0.717) is 0 Å². The summed E-state index contributed by atoms with van der Waals surface area (Å²) in [7, 11) is 1.27. The maximum Gasteiger partial charge on any atom is 0.408 e. The number of nitrogens with one attached hydrogen (secondary N) is 1. The number of methoxy groups -OCH3 is 1. The fourth-order valence-electron chi connectivity index (χ4n) is 2.22. The largest absolute Gasteiger partial charge is 0.467 e. The lowest BCUT2D eigenvalue weighted by Crippen LogP contribution is -2.58. The first-order chi connectivity index (χ1) is 11.0. The number of esters is 1. The first-order valence-corrected chi connectivity index (χ1v) is 7.31. The minimum atomic E-state index is -1.29. The molecule has 0 aliphatic carbocycles. The second kappa shape index (κ2) is 8.78. The van der Waals surface area contributed by atoms with Crippen molar-refractivity contribution in [3.8, 4) is 0 Å². The van der Waals surface area contributed by atoms with Crippen LogP contribution in [0.15, 0.2) is 55.6 Å². The van der Waals surface area contributed by atoms with Crippen molar-refractivity contribution in [2.75, 3.05) is 7.11 Å². The molecule has 0 heterocycles. The van der Waals surface area contributed by atoms with Crippen LogP contribution in [0.25, 0.3) is 0 Å². The summed E-state index contributed by atoms with van der Waals surface area (Å²) < 4.78 is 10.0. The number of carbonyl (C=O) groups excluding carboxylic acids is 2. The van der Waals surface area contributed by atoms with Gasteiger partial charge in [0.1, 0.15) is 12.1 Å². The molecule has 0 fully saturated rings. The topological polar surface area (TPSA) is 64.6 Å². The zero-order valence-corrected chi connectivity index (χ0v) is 13.6. The molecule has 0 radical (unpaired) electrons. The summed E-state index contributed by atoms with van der Waals surface area (Å²) in [6.07, 6.45) is 2.63. The van der Waals surface area contributed by atoms with Gasteiger partial charge in [-0.2, -0.15) is 0 Å². The molecule has 0 aromatic heterocycles. The minimum Gasteiger partial charge on any atom is -0.467 e. The Hall–Kier alpha value is -2.56. The van der Waals surface area contributed by atoms with E-state index < -0.39 is 17.6 Å². The van der Waals surface area contributed by atoms with E-state index in [4.69, 9.17) is 9.47 Å². The zero-order valence-electron chi connectivity index (χ0n) is 13.6. The van der Waals surface area contributed by atoms with Crippen LogP contribution in [0.2, 0.25) is 0 Å². The Morgan fingerprint density at radius 2 is 1.96 bits per heavy atom. The van der Waals surface area contributed by atoms with Crippen LogP contribution >= 0.6 is 0 Å². The van der Waals surface area contributed by atoms with Gasteiger partial charge in [-0.1, -0.05) is 49.4 Å². The molecule has 0 bridgehead atoms. The summed E-state index contributed by atoms with van der Waals surface area (Å²) in [5.41, 5.74) is -0.432. The van der Waals surface area contributed by atoms with Crippen LogP contribution in [0.5, 0.6) is 0 Å². The van der Waals surface area contributed by atoms with Gasteiger partial charge in [-0.25, -0.2) is 9.59 Å². The number of alkyl carbamates (subject to hydrolysis) is 1. The number of rotatable bonds is 8. The van der Waals surface area contributed by atoms with Crippen LogP contribution in [0, 0.1) is 5.92 Å². The van der Waals surface area contributed by atoms with E-state index in [-0.39, 0.29) is 18.9 Å². The molecule has 0 aliphatic rings. The van der Waals surface area contributed by atoms with E-state index in [1.54, 1.807) is 19.1 Å². The smallest absolute Gasteiger partial charge is 0.408 e. The van der Waals surface area contributed by atoms with Crippen molar-refractivity contribution in [2.24, 2.45) is 5.92 Å². The van der Waals surface area contributed by atoms with Crippen molar-refractivity contribution < 1.29 is 19.1 Å². The van der Waals surface area contributed by atoms with Crippen LogP contribution < -0.4 is 5.32 Å². The van der Waals surface area contributed by atoms with Gasteiger partial charge in [-0.05, 0) is 12.0 Å². The minimum absolute atomic E-state index is 0.112. The quantitative estimate of drug-likeness (QED) is 0.590. The van der Waals surface area contributed by atoms with E-state index >= 15 is 0 Å². The SMILES string of the molecule is C=CC[C@@](NC(=O)OCc1ccccc1)(C(=O)OC)[C@H](C)C=C. The van der Waals surface area contributed by atoms with Gasteiger partial charge in [0, 0.05) is 5.92 Å². The number of hydrogen-bond acceptors (Lipinski definition) is 4. The molecule has 0 saturated carbocycles. The van der Waals surface area contributed by atoms with E-state index in [0.717, 1.165) is 5.56 Å². The van der Waals surface area contributed by atoms with Gasteiger partial charge in [-0.15, -0.1) is 13.2 Å². The molecule has 5 heteroatoms. The van der Waals surface area contributed by atoms with E-state index in [1.807, 2.05) is 30.3 Å². The van der Waals surface area contributed by atoms with Crippen LogP contribution in [-0.2, 0) is 20.9 Å². The summed E-state index contributed by atoms with van der Waals surface area (Å²) >= 11 is 0. The monoisotopic (exact) mass is 317 g/mol. The molecule has 23 heavy (non-hydrogen) atoms. The summed E-state index contributed by atoms with van der Waals surface area (Å²) in [6, 6.07) is 9.27. The Morgan fingerprint density at radius 1 is 1.30 bits per heavy atom. The normalized spacial score (nSPS) is 14.0. The zero-order chi connectivity index (χ0) is 17.3. The highest BCUT2D eigenvalue weighted by Gasteiger charge is 2.44. The van der Waals surface area contributed by atoms with Crippen LogP contribution in [0.1, 0.15) is 18.9 Å². The Kier molecular flexibility index (Phi) is 7.06. The molecule has 1 rings (SSSR count). The molecule has 1 aromatic rings. The maximum atomic E-state index is 12.2. The first-order valence-electron chi connectivity index (χ1n) is 7.31. The highest BCUT2D eigenvalue weighted by Crippen LogP contribution is 2.25. The average molecular weight is 317 g/mol. The highest BCUT2D eigenvalue weighted by molar-refractivity contribution is 5.86. The molecule has 0 aliphatic heterocycles. The standard InChI is InChI=1S/C18H23NO4/c1-5-12-18(14(3)6-2,16(20)22-4)19-17(21)23-13-15-10-8-7-9-11-15/h5-11,14H,1-2,12-13H2,3-4H3,(H,19,21)/t14-,18+/m1/s1. The molecule has 0 unspecified atom stereocenters. The lowest BCUT2D eigenvalue weighted by Gasteiger charge is -2.34. The molecule has 1 amide bonds. The third-order valence-corrected chi connectivity index (χ3v) is 3.68. The summed E-state index contributed by atoms with van der Waals surface area (Å²) in [4.78, 5) is 24.4. The summed E-state index contributed by atoms with van der Waals surface area (Å²) in [5.74, 6) is -0.932. The molecule has 0 spiro atoms. The second-order valence-corrected chi connectivity index (χ2v) is 5.17. The molecule has 5 nitrogen and oxygen atoms in total.